The van der Waals surface area contributed by atoms with Crippen LogP contribution in [-0.2, 0) is 0 Å². The second-order valence-electron chi connectivity index (χ2n) is 7.22. The highest BCUT2D eigenvalue weighted by Gasteiger charge is 2.31. The third-order valence-electron chi connectivity index (χ3n) is 5.32. The highest BCUT2D eigenvalue weighted by molar-refractivity contribution is 5.79. The van der Waals surface area contributed by atoms with Crippen molar-refractivity contribution < 1.29 is 4.74 Å². The second-order valence-corrected chi connectivity index (χ2v) is 7.22. The van der Waals surface area contributed by atoms with Gasteiger partial charge in [-0.05, 0) is 25.5 Å². The summed E-state index contributed by atoms with van der Waals surface area (Å²) in [5, 5.41) is 3.41. The number of piperazine rings is 3. The molecule has 1 N–H and O–H groups in total. The van der Waals surface area contributed by atoms with Crippen LogP contribution in [0.15, 0.2) is 29.3 Å². The van der Waals surface area contributed by atoms with Gasteiger partial charge in [-0.15, -0.1) is 0 Å². The Kier molecular flexibility index (Phi) is 6.74. The number of nitrogens with zero attached hydrogens (tertiary/aromatic N) is 4. The summed E-state index contributed by atoms with van der Waals surface area (Å²) in [5.41, 5.74) is 1.17. The van der Waals surface area contributed by atoms with Crippen molar-refractivity contribution in [1.82, 2.24) is 20.0 Å². The molecule has 1 unspecified atom stereocenters. The van der Waals surface area contributed by atoms with Crippen molar-refractivity contribution in [2.75, 3.05) is 66.0 Å². The van der Waals surface area contributed by atoms with E-state index in [0.29, 0.717) is 12.6 Å². The van der Waals surface area contributed by atoms with Crippen LogP contribution in [0.3, 0.4) is 0 Å². The Balaban J connectivity index is 1.50. The van der Waals surface area contributed by atoms with E-state index in [4.69, 9.17) is 9.73 Å². The number of hydrogen-bond acceptors (Lipinski definition) is 4. The van der Waals surface area contributed by atoms with Crippen LogP contribution < -0.4 is 10.1 Å². The molecule has 1 aromatic carbocycles. The van der Waals surface area contributed by atoms with Gasteiger partial charge in [-0.25, -0.2) is 0 Å². The minimum Gasteiger partial charge on any atom is -0.491 e. The van der Waals surface area contributed by atoms with E-state index in [2.05, 4.69) is 47.0 Å². The van der Waals surface area contributed by atoms with Crippen LogP contribution in [-0.4, -0.2) is 92.7 Å². The fraction of sp³-hybridized carbons (Fsp3) is 0.650. The Morgan fingerprint density at radius 1 is 1.27 bits per heavy atom. The highest BCUT2D eigenvalue weighted by Crippen LogP contribution is 2.16. The molecule has 2 bridgehead atoms. The molecule has 144 valence electrons. The molecule has 3 aliphatic heterocycles. The predicted octanol–water partition coefficient (Wildman–Crippen LogP) is 1.27. The molecule has 1 atom stereocenters. The molecule has 0 spiro atoms. The lowest BCUT2D eigenvalue weighted by Gasteiger charge is -2.47. The van der Waals surface area contributed by atoms with Gasteiger partial charge < -0.3 is 15.0 Å². The van der Waals surface area contributed by atoms with E-state index in [9.17, 15) is 0 Å². The first kappa shape index (κ1) is 19.0. The van der Waals surface area contributed by atoms with Crippen LogP contribution in [0.2, 0.25) is 0 Å². The van der Waals surface area contributed by atoms with Crippen LogP contribution in [0.4, 0.5) is 0 Å². The van der Waals surface area contributed by atoms with E-state index in [1.165, 1.54) is 31.7 Å². The van der Waals surface area contributed by atoms with Gasteiger partial charge in [-0.1, -0.05) is 18.2 Å². The van der Waals surface area contributed by atoms with Gasteiger partial charge in [0.1, 0.15) is 12.4 Å². The summed E-state index contributed by atoms with van der Waals surface area (Å²) >= 11 is 0. The predicted molar refractivity (Wildman–Crippen MR) is 107 cm³/mol. The molecule has 0 radical (unpaired) electrons. The minimum atomic E-state index is 0.558. The monoisotopic (exact) mass is 359 g/mol. The smallest absolute Gasteiger partial charge is 0.193 e. The van der Waals surface area contributed by atoms with Crippen LogP contribution in [0.25, 0.3) is 0 Å². The number of aryl methyl sites for hydroxylation is 1. The zero-order valence-corrected chi connectivity index (χ0v) is 16.4. The molecule has 26 heavy (non-hydrogen) atoms. The van der Waals surface area contributed by atoms with Gasteiger partial charge in [0.2, 0.25) is 0 Å². The van der Waals surface area contributed by atoms with Crippen molar-refractivity contribution in [2.45, 2.75) is 19.9 Å². The lowest BCUT2D eigenvalue weighted by Crippen LogP contribution is -2.62. The Bertz CT molecular complexity index is 598. The molecule has 6 nitrogen and oxygen atoms in total. The molecule has 4 rings (SSSR count). The number of benzene rings is 1. The number of likely N-dealkylation sites (N-methyl/N-ethyl adjacent to an activating group) is 1. The lowest BCUT2D eigenvalue weighted by molar-refractivity contribution is 0.0173. The van der Waals surface area contributed by atoms with Crippen LogP contribution in [0.5, 0.6) is 5.75 Å². The number of ether oxygens (including phenoxy) is 1. The Labute approximate surface area is 157 Å². The van der Waals surface area contributed by atoms with Crippen LogP contribution in [0.1, 0.15) is 12.5 Å². The number of para-hydroxylation sites is 1. The SMILES string of the molecule is CCNC(=NCC1CN2CCN1CC2)N(C)CCOc1ccccc1C. The summed E-state index contributed by atoms with van der Waals surface area (Å²) in [4.78, 5) is 12.2. The van der Waals surface area contributed by atoms with Crippen molar-refractivity contribution >= 4 is 5.96 Å². The number of guanidine groups is 1. The van der Waals surface area contributed by atoms with Gasteiger partial charge in [0, 0.05) is 52.4 Å². The summed E-state index contributed by atoms with van der Waals surface area (Å²) in [5.74, 6) is 1.93. The molecule has 0 saturated carbocycles. The number of hydrogen-bond donors (Lipinski definition) is 1. The summed E-state index contributed by atoms with van der Waals surface area (Å²) in [6.45, 7) is 13.4. The van der Waals surface area contributed by atoms with Crippen molar-refractivity contribution in [3.8, 4) is 5.75 Å². The standard InChI is InChI=1S/C20H33N5O/c1-4-21-20(22-15-18-16-24-9-11-25(18)12-10-24)23(3)13-14-26-19-8-6-5-7-17(19)2/h5-8,18H,4,9-16H2,1-3H3,(H,21,22). The molecule has 0 aromatic heterocycles. The normalized spacial score (nSPS) is 25.2. The van der Waals surface area contributed by atoms with Gasteiger partial charge in [-0.3, -0.25) is 14.8 Å². The fourth-order valence-electron chi connectivity index (χ4n) is 3.68. The average molecular weight is 360 g/mol. The van der Waals surface area contributed by atoms with E-state index >= 15 is 0 Å². The molecule has 0 amide bonds. The van der Waals surface area contributed by atoms with Crippen molar-refractivity contribution in [3.05, 3.63) is 29.8 Å². The molecule has 0 aliphatic carbocycles. The van der Waals surface area contributed by atoms with Crippen molar-refractivity contribution in [3.63, 3.8) is 0 Å². The number of aliphatic imine (C=N–C) groups is 1. The maximum atomic E-state index is 5.93. The molecule has 3 heterocycles. The molecule has 3 saturated heterocycles. The summed E-state index contributed by atoms with van der Waals surface area (Å²) < 4.78 is 5.93. The third-order valence-corrected chi connectivity index (χ3v) is 5.32. The molecular formula is C20H33N5O. The van der Waals surface area contributed by atoms with Crippen molar-refractivity contribution in [1.29, 1.82) is 0 Å². The van der Waals surface area contributed by atoms with Gasteiger partial charge in [0.25, 0.3) is 0 Å². The minimum absolute atomic E-state index is 0.558. The molecule has 1 aromatic rings. The third kappa shape index (κ3) is 4.89. The maximum Gasteiger partial charge on any atom is 0.193 e. The number of rotatable bonds is 7. The quantitative estimate of drug-likeness (QED) is 0.587. The van der Waals surface area contributed by atoms with Crippen LogP contribution >= 0.6 is 0 Å². The highest BCUT2D eigenvalue weighted by atomic mass is 16.5. The first-order valence-corrected chi connectivity index (χ1v) is 9.81. The zero-order chi connectivity index (χ0) is 18.4. The molecular weight excluding hydrogens is 326 g/mol. The second kappa shape index (κ2) is 9.24. The first-order chi connectivity index (χ1) is 12.7. The molecule has 6 heteroatoms. The Hall–Kier alpha value is -1.79. The topological polar surface area (TPSA) is 43.3 Å². The Morgan fingerprint density at radius 3 is 2.69 bits per heavy atom. The van der Waals surface area contributed by atoms with E-state index < -0.39 is 0 Å². The fourth-order valence-corrected chi connectivity index (χ4v) is 3.68. The van der Waals surface area contributed by atoms with Crippen molar-refractivity contribution in [2.24, 2.45) is 4.99 Å². The van der Waals surface area contributed by atoms with Gasteiger partial charge in [0.15, 0.2) is 5.96 Å². The van der Waals surface area contributed by atoms with Gasteiger partial charge in [0.05, 0.1) is 13.1 Å². The number of nitrogens with one attached hydrogen (secondary N) is 1. The Morgan fingerprint density at radius 2 is 2.04 bits per heavy atom. The largest absolute Gasteiger partial charge is 0.491 e. The van der Waals surface area contributed by atoms with E-state index in [1.807, 2.05) is 18.2 Å². The average Bonchev–Trinajstić information content (AvgIpc) is 2.67. The summed E-state index contributed by atoms with van der Waals surface area (Å²) in [6.07, 6.45) is 0. The summed E-state index contributed by atoms with van der Waals surface area (Å²) in [7, 11) is 2.08. The molecule has 3 aliphatic rings. The van der Waals surface area contributed by atoms with E-state index in [1.54, 1.807) is 0 Å². The van der Waals surface area contributed by atoms with E-state index in [0.717, 1.165) is 37.9 Å². The lowest BCUT2D eigenvalue weighted by atomic mass is 10.1. The maximum absolute atomic E-state index is 5.93. The van der Waals surface area contributed by atoms with Gasteiger partial charge >= 0.3 is 0 Å². The van der Waals surface area contributed by atoms with Gasteiger partial charge in [-0.2, -0.15) is 0 Å². The molecule has 3 fully saturated rings. The zero-order valence-electron chi connectivity index (χ0n) is 16.4. The van der Waals surface area contributed by atoms with E-state index in [-0.39, 0.29) is 0 Å². The summed E-state index contributed by atoms with van der Waals surface area (Å²) in [6, 6.07) is 8.71. The first-order valence-electron chi connectivity index (χ1n) is 9.81. The van der Waals surface area contributed by atoms with Crippen LogP contribution in [0, 0.1) is 6.92 Å². The number of fused-ring (bicyclic) bond motifs is 3.